The highest BCUT2D eigenvalue weighted by atomic mass is 35.5. The number of aromatic nitrogens is 1. The van der Waals surface area contributed by atoms with E-state index in [1.54, 1.807) is 7.05 Å². The van der Waals surface area contributed by atoms with Gasteiger partial charge in [0, 0.05) is 27.3 Å². The van der Waals surface area contributed by atoms with Crippen molar-refractivity contribution in [2.24, 2.45) is 0 Å². The zero-order valence-corrected chi connectivity index (χ0v) is 10.2. The molecule has 1 aromatic heterocycles. The van der Waals surface area contributed by atoms with Crippen molar-refractivity contribution in [3.63, 3.8) is 0 Å². The second-order valence-electron chi connectivity index (χ2n) is 3.04. The lowest BCUT2D eigenvalue weighted by Gasteiger charge is -2.11. The summed E-state index contributed by atoms with van der Waals surface area (Å²) in [6.45, 7) is 0. The van der Waals surface area contributed by atoms with Crippen LogP contribution in [0.25, 0.3) is 0 Å². The summed E-state index contributed by atoms with van der Waals surface area (Å²) in [5.74, 6) is 0.453. The zero-order chi connectivity index (χ0) is 11.6. The smallest absolute Gasteiger partial charge is 0.244 e. The molecule has 0 radical (unpaired) electrons. The molecule has 0 fully saturated rings. The minimum Gasteiger partial charge on any atom is -0.372 e. The second-order valence-corrected chi connectivity index (χ2v) is 5.60. The molecule has 0 aliphatic heterocycles. The fourth-order valence-corrected chi connectivity index (χ4v) is 2.16. The molecule has 0 aliphatic carbocycles. The van der Waals surface area contributed by atoms with Gasteiger partial charge < -0.3 is 5.32 Å². The lowest BCUT2D eigenvalue weighted by molar-refractivity contribution is 0.520. The van der Waals surface area contributed by atoms with Crippen LogP contribution in [0.4, 0.5) is 5.82 Å². The molecule has 1 N–H and O–H groups in total. The molecule has 5 nitrogen and oxygen atoms in total. The molecular formula is C8H12ClN3O2S. The predicted molar refractivity (Wildman–Crippen MR) is 59.7 cm³/mol. The van der Waals surface area contributed by atoms with Crippen LogP contribution in [0.1, 0.15) is 0 Å². The van der Waals surface area contributed by atoms with E-state index < -0.39 is 10.0 Å². The van der Waals surface area contributed by atoms with Gasteiger partial charge in [-0.25, -0.2) is 17.7 Å². The average Bonchev–Trinajstić information content (AvgIpc) is 2.17. The van der Waals surface area contributed by atoms with Gasteiger partial charge in [-0.2, -0.15) is 0 Å². The summed E-state index contributed by atoms with van der Waals surface area (Å²) in [5, 5.41) is 3.03. The fourth-order valence-electron chi connectivity index (χ4n) is 0.956. The minimum atomic E-state index is -3.47. The van der Waals surface area contributed by atoms with Gasteiger partial charge in [0.25, 0.3) is 0 Å². The van der Waals surface area contributed by atoms with Gasteiger partial charge in [0.1, 0.15) is 10.7 Å². The first-order chi connectivity index (χ1) is 6.89. The summed E-state index contributed by atoms with van der Waals surface area (Å²) >= 11 is 5.83. The third-order valence-corrected chi connectivity index (χ3v) is 3.90. The van der Waals surface area contributed by atoms with Crippen molar-refractivity contribution in [1.29, 1.82) is 0 Å². The second kappa shape index (κ2) is 4.34. The Labute approximate surface area is 94.1 Å². The number of anilines is 1. The molecule has 0 spiro atoms. The maximum absolute atomic E-state index is 11.7. The molecule has 1 heterocycles. The van der Waals surface area contributed by atoms with E-state index in [9.17, 15) is 8.42 Å². The van der Waals surface area contributed by atoms with Crippen molar-refractivity contribution in [2.75, 3.05) is 26.5 Å². The van der Waals surface area contributed by atoms with Crippen LogP contribution in [-0.2, 0) is 10.0 Å². The summed E-state index contributed by atoms with van der Waals surface area (Å²) in [7, 11) is 1.10. The van der Waals surface area contributed by atoms with Gasteiger partial charge in [0.15, 0.2) is 0 Å². The zero-order valence-electron chi connectivity index (χ0n) is 8.65. The quantitative estimate of drug-likeness (QED) is 0.869. The van der Waals surface area contributed by atoms with Gasteiger partial charge in [0.2, 0.25) is 10.0 Å². The van der Waals surface area contributed by atoms with E-state index in [1.165, 1.54) is 26.4 Å². The van der Waals surface area contributed by atoms with E-state index in [1.807, 2.05) is 0 Å². The molecule has 1 aromatic rings. The van der Waals surface area contributed by atoms with E-state index in [0.717, 1.165) is 4.31 Å². The molecule has 0 saturated heterocycles. The van der Waals surface area contributed by atoms with E-state index in [-0.39, 0.29) is 9.92 Å². The molecule has 84 valence electrons. The van der Waals surface area contributed by atoms with Gasteiger partial charge in [0.05, 0.1) is 5.02 Å². The number of pyridine rings is 1. The standard InChI is InChI=1S/C8H12ClN3O2S/c1-10-8-7(9)4-6(5-11-8)15(13,14)12(2)3/h4-5H,1-3H3,(H,10,11). The first-order valence-corrected chi connectivity index (χ1v) is 5.97. The molecular weight excluding hydrogens is 238 g/mol. The van der Waals surface area contributed by atoms with Crippen LogP contribution in [0.3, 0.4) is 0 Å². The molecule has 1 rings (SSSR count). The molecule has 0 aliphatic rings. The van der Waals surface area contributed by atoms with Gasteiger partial charge >= 0.3 is 0 Å². The van der Waals surface area contributed by atoms with Crippen LogP contribution in [0.2, 0.25) is 5.02 Å². The van der Waals surface area contributed by atoms with E-state index >= 15 is 0 Å². The van der Waals surface area contributed by atoms with Crippen molar-refractivity contribution in [2.45, 2.75) is 4.90 Å². The van der Waals surface area contributed by atoms with E-state index in [4.69, 9.17) is 11.6 Å². The van der Waals surface area contributed by atoms with Gasteiger partial charge in [-0.15, -0.1) is 0 Å². The van der Waals surface area contributed by atoms with Crippen molar-refractivity contribution >= 4 is 27.4 Å². The molecule has 0 bridgehead atoms. The number of halogens is 1. The van der Waals surface area contributed by atoms with Crippen LogP contribution < -0.4 is 5.32 Å². The van der Waals surface area contributed by atoms with Gasteiger partial charge in [-0.1, -0.05) is 11.6 Å². The Kier molecular flexibility index (Phi) is 3.54. The summed E-state index contributed by atoms with van der Waals surface area (Å²) in [6, 6.07) is 1.37. The van der Waals surface area contributed by atoms with Crippen LogP contribution in [0, 0.1) is 0 Å². The number of sulfonamides is 1. The number of nitrogens with one attached hydrogen (secondary N) is 1. The first kappa shape index (κ1) is 12.2. The summed E-state index contributed by atoms with van der Waals surface area (Å²) in [6.07, 6.45) is 1.27. The number of rotatable bonds is 3. The van der Waals surface area contributed by atoms with Crippen LogP contribution >= 0.6 is 11.6 Å². The molecule has 0 unspecified atom stereocenters. The Hall–Kier alpha value is -0.850. The maximum Gasteiger partial charge on any atom is 0.244 e. The fraction of sp³-hybridized carbons (Fsp3) is 0.375. The summed E-state index contributed by atoms with van der Waals surface area (Å²) in [5.41, 5.74) is 0. The minimum absolute atomic E-state index is 0.0801. The Bertz CT molecular complexity index is 459. The lowest BCUT2D eigenvalue weighted by Crippen LogP contribution is -2.22. The average molecular weight is 250 g/mol. The highest BCUT2D eigenvalue weighted by molar-refractivity contribution is 7.89. The third kappa shape index (κ3) is 2.39. The van der Waals surface area contributed by atoms with Crippen molar-refractivity contribution in [1.82, 2.24) is 9.29 Å². The van der Waals surface area contributed by atoms with E-state index in [0.29, 0.717) is 5.82 Å². The Morgan fingerprint density at radius 1 is 1.47 bits per heavy atom. The predicted octanol–water partition coefficient (Wildman–Crippen LogP) is 1.03. The number of hydrogen-bond donors (Lipinski definition) is 1. The molecule has 7 heteroatoms. The lowest BCUT2D eigenvalue weighted by atomic mass is 10.4. The summed E-state index contributed by atoms with van der Waals surface area (Å²) < 4.78 is 24.5. The number of hydrogen-bond acceptors (Lipinski definition) is 4. The Morgan fingerprint density at radius 2 is 2.07 bits per heavy atom. The summed E-state index contributed by atoms with van der Waals surface area (Å²) in [4.78, 5) is 3.98. The van der Waals surface area contributed by atoms with E-state index in [2.05, 4.69) is 10.3 Å². The highest BCUT2D eigenvalue weighted by Gasteiger charge is 2.18. The molecule has 15 heavy (non-hydrogen) atoms. The molecule has 0 atom stereocenters. The van der Waals surface area contributed by atoms with Crippen molar-refractivity contribution < 1.29 is 8.42 Å². The first-order valence-electron chi connectivity index (χ1n) is 4.15. The van der Waals surface area contributed by atoms with Gasteiger partial charge in [-0.05, 0) is 6.07 Å². The van der Waals surface area contributed by atoms with Crippen molar-refractivity contribution in [3.8, 4) is 0 Å². The Balaban J connectivity index is 3.25. The van der Waals surface area contributed by atoms with Crippen molar-refractivity contribution in [3.05, 3.63) is 17.3 Å². The molecule has 0 amide bonds. The maximum atomic E-state index is 11.7. The normalized spacial score (nSPS) is 11.8. The van der Waals surface area contributed by atoms with Crippen LogP contribution in [0.15, 0.2) is 17.2 Å². The monoisotopic (exact) mass is 249 g/mol. The van der Waals surface area contributed by atoms with Gasteiger partial charge in [-0.3, -0.25) is 0 Å². The van der Waals surface area contributed by atoms with Crippen LogP contribution in [-0.4, -0.2) is 38.9 Å². The highest BCUT2D eigenvalue weighted by Crippen LogP contribution is 2.22. The number of nitrogens with zero attached hydrogens (tertiary/aromatic N) is 2. The molecule has 0 saturated carbocycles. The SMILES string of the molecule is CNc1ncc(S(=O)(=O)N(C)C)cc1Cl. The topological polar surface area (TPSA) is 62.3 Å². The third-order valence-electron chi connectivity index (χ3n) is 1.83. The Morgan fingerprint density at radius 3 is 2.47 bits per heavy atom. The van der Waals surface area contributed by atoms with Crippen LogP contribution in [0.5, 0.6) is 0 Å². The largest absolute Gasteiger partial charge is 0.372 e. The molecule has 0 aromatic carbocycles.